The number of rotatable bonds is 5. The van der Waals surface area contributed by atoms with Crippen LogP contribution >= 0.6 is 0 Å². The van der Waals surface area contributed by atoms with E-state index in [9.17, 15) is 0 Å². The van der Waals surface area contributed by atoms with Gasteiger partial charge >= 0.3 is 0 Å². The number of nitrogens with zero attached hydrogens (tertiary/aromatic N) is 4. The predicted octanol–water partition coefficient (Wildman–Crippen LogP) is 2.14. The maximum absolute atomic E-state index is 4.28. The molecule has 0 unspecified atom stereocenters. The summed E-state index contributed by atoms with van der Waals surface area (Å²) in [4.78, 5) is 16.9. The van der Waals surface area contributed by atoms with Crippen molar-refractivity contribution in [2.75, 3.05) is 5.32 Å². The molecule has 2 aromatic rings. The Bertz CT molecular complexity index is 495. The van der Waals surface area contributed by atoms with Crippen molar-refractivity contribution in [3.05, 3.63) is 41.9 Å². The molecule has 0 saturated carbocycles. The number of aryl methyl sites for hydroxylation is 2. The van der Waals surface area contributed by atoms with Gasteiger partial charge in [0.1, 0.15) is 12.1 Å². The van der Waals surface area contributed by atoms with Crippen LogP contribution in [0.5, 0.6) is 0 Å². The van der Waals surface area contributed by atoms with Crippen molar-refractivity contribution < 1.29 is 0 Å². The standard InChI is InChI=1S/C13H17N5/c1-3-4-11-5-13(18-9-17-11)16-8-12-7-14-10(2)6-15-12/h5-7,9H,3-4,8H2,1-2H3,(H,16,17,18). The lowest BCUT2D eigenvalue weighted by Crippen LogP contribution is -2.05. The maximum Gasteiger partial charge on any atom is 0.129 e. The van der Waals surface area contributed by atoms with E-state index >= 15 is 0 Å². The largest absolute Gasteiger partial charge is 0.364 e. The zero-order chi connectivity index (χ0) is 12.8. The second-order valence-electron chi connectivity index (χ2n) is 4.15. The average Bonchev–Trinajstić information content (AvgIpc) is 2.39. The van der Waals surface area contributed by atoms with Crippen molar-refractivity contribution in [1.82, 2.24) is 19.9 Å². The third-order valence-corrected chi connectivity index (χ3v) is 2.51. The molecule has 0 aromatic carbocycles. The highest BCUT2D eigenvalue weighted by molar-refractivity contribution is 5.35. The highest BCUT2D eigenvalue weighted by atomic mass is 15.0. The summed E-state index contributed by atoms with van der Waals surface area (Å²) < 4.78 is 0. The molecule has 0 aliphatic heterocycles. The van der Waals surface area contributed by atoms with Gasteiger partial charge in [-0.2, -0.15) is 0 Å². The summed E-state index contributed by atoms with van der Waals surface area (Å²) in [6, 6.07) is 1.98. The molecule has 0 fully saturated rings. The summed E-state index contributed by atoms with van der Waals surface area (Å²) in [5.74, 6) is 0.829. The molecule has 0 bridgehead atoms. The van der Waals surface area contributed by atoms with E-state index in [1.54, 1.807) is 18.7 Å². The van der Waals surface area contributed by atoms with E-state index in [-0.39, 0.29) is 0 Å². The molecule has 0 amide bonds. The lowest BCUT2D eigenvalue weighted by molar-refractivity contribution is 0.870. The van der Waals surface area contributed by atoms with E-state index in [0.29, 0.717) is 6.54 Å². The van der Waals surface area contributed by atoms with E-state index < -0.39 is 0 Å². The monoisotopic (exact) mass is 243 g/mol. The molecule has 18 heavy (non-hydrogen) atoms. The van der Waals surface area contributed by atoms with Crippen molar-refractivity contribution in [3.63, 3.8) is 0 Å². The molecule has 94 valence electrons. The van der Waals surface area contributed by atoms with E-state index in [2.05, 4.69) is 32.2 Å². The minimum Gasteiger partial charge on any atom is -0.364 e. The van der Waals surface area contributed by atoms with Gasteiger partial charge in [0.25, 0.3) is 0 Å². The molecule has 0 aliphatic rings. The third-order valence-electron chi connectivity index (χ3n) is 2.51. The van der Waals surface area contributed by atoms with Gasteiger partial charge < -0.3 is 5.32 Å². The van der Waals surface area contributed by atoms with Crippen LogP contribution in [0.3, 0.4) is 0 Å². The van der Waals surface area contributed by atoms with E-state index in [0.717, 1.165) is 35.7 Å². The smallest absolute Gasteiger partial charge is 0.129 e. The van der Waals surface area contributed by atoms with Crippen LogP contribution in [0.25, 0.3) is 0 Å². The van der Waals surface area contributed by atoms with Gasteiger partial charge in [-0.05, 0) is 13.3 Å². The Morgan fingerprint density at radius 1 is 1.06 bits per heavy atom. The summed E-state index contributed by atoms with van der Waals surface area (Å²) >= 11 is 0. The molecule has 0 radical (unpaired) electrons. The van der Waals surface area contributed by atoms with Crippen LogP contribution < -0.4 is 5.32 Å². The van der Waals surface area contributed by atoms with Gasteiger partial charge in [0.15, 0.2) is 0 Å². The van der Waals surface area contributed by atoms with Gasteiger partial charge in [-0.1, -0.05) is 13.3 Å². The summed E-state index contributed by atoms with van der Waals surface area (Å²) in [6.45, 7) is 4.68. The third kappa shape index (κ3) is 3.48. The Morgan fingerprint density at radius 2 is 1.94 bits per heavy atom. The SMILES string of the molecule is CCCc1cc(NCc2cnc(C)cn2)ncn1. The van der Waals surface area contributed by atoms with E-state index in [1.807, 2.05) is 13.0 Å². The first-order valence-electron chi connectivity index (χ1n) is 6.10. The van der Waals surface area contributed by atoms with Crippen LogP contribution in [-0.4, -0.2) is 19.9 Å². The molecule has 2 heterocycles. The molecule has 5 nitrogen and oxygen atoms in total. The normalized spacial score (nSPS) is 10.3. The highest BCUT2D eigenvalue weighted by Crippen LogP contribution is 2.07. The van der Waals surface area contributed by atoms with Crippen molar-refractivity contribution in [2.45, 2.75) is 33.2 Å². The highest BCUT2D eigenvalue weighted by Gasteiger charge is 1.99. The maximum atomic E-state index is 4.28. The van der Waals surface area contributed by atoms with Crippen molar-refractivity contribution in [1.29, 1.82) is 0 Å². The Labute approximate surface area is 107 Å². The zero-order valence-electron chi connectivity index (χ0n) is 10.7. The van der Waals surface area contributed by atoms with Gasteiger partial charge in [-0.25, -0.2) is 9.97 Å². The minimum absolute atomic E-state index is 0.621. The molecule has 0 atom stereocenters. The molecule has 0 aliphatic carbocycles. The quantitative estimate of drug-likeness (QED) is 0.871. The molecule has 0 saturated heterocycles. The van der Waals surface area contributed by atoms with Crippen LogP contribution in [0.2, 0.25) is 0 Å². The second-order valence-corrected chi connectivity index (χ2v) is 4.15. The van der Waals surface area contributed by atoms with Crippen LogP contribution in [0.4, 0.5) is 5.82 Å². The Kier molecular flexibility index (Phi) is 4.17. The first-order valence-corrected chi connectivity index (χ1v) is 6.10. The van der Waals surface area contributed by atoms with Crippen LogP contribution in [0.1, 0.15) is 30.4 Å². The molecule has 1 N–H and O–H groups in total. The lowest BCUT2D eigenvalue weighted by atomic mass is 10.2. The van der Waals surface area contributed by atoms with Crippen LogP contribution in [-0.2, 0) is 13.0 Å². The Hall–Kier alpha value is -2.04. The van der Waals surface area contributed by atoms with Gasteiger partial charge in [-0.15, -0.1) is 0 Å². The average molecular weight is 243 g/mol. The van der Waals surface area contributed by atoms with E-state index in [4.69, 9.17) is 0 Å². The first-order chi connectivity index (χ1) is 8.78. The van der Waals surface area contributed by atoms with Crippen molar-refractivity contribution in [2.24, 2.45) is 0 Å². The summed E-state index contributed by atoms with van der Waals surface area (Å²) in [5, 5.41) is 3.23. The molecule has 0 spiro atoms. The zero-order valence-corrected chi connectivity index (χ0v) is 10.7. The predicted molar refractivity (Wildman–Crippen MR) is 70.1 cm³/mol. The fourth-order valence-corrected chi connectivity index (χ4v) is 1.58. The molecule has 2 rings (SSSR count). The molecular formula is C13H17N5. The van der Waals surface area contributed by atoms with Crippen LogP contribution in [0, 0.1) is 6.92 Å². The topological polar surface area (TPSA) is 63.6 Å². The lowest BCUT2D eigenvalue weighted by Gasteiger charge is -2.06. The van der Waals surface area contributed by atoms with Crippen molar-refractivity contribution in [3.8, 4) is 0 Å². The second kappa shape index (κ2) is 6.05. The fourth-order valence-electron chi connectivity index (χ4n) is 1.58. The Morgan fingerprint density at radius 3 is 2.67 bits per heavy atom. The molecule has 5 heteroatoms. The van der Waals surface area contributed by atoms with Gasteiger partial charge in [-0.3, -0.25) is 9.97 Å². The number of hydrogen-bond donors (Lipinski definition) is 1. The van der Waals surface area contributed by atoms with Gasteiger partial charge in [0.2, 0.25) is 0 Å². The number of hydrogen-bond acceptors (Lipinski definition) is 5. The molecule has 2 aromatic heterocycles. The summed E-state index contributed by atoms with van der Waals surface area (Å²) in [7, 11) is 0. The number of anilines is 1. The summed E-state index contributed by atoms with van der Waals surface area (Å²) in [6.07, 6.45) is 7.19. The fraction of sp³-hybridized carbons (Fsp3) is 0.385. The van der Waals surface area contributed by atoms with Crippen molar-refractivity contribution >= 4 is 5.82 Å². The van der Waals surface area contributed by atoms with Crippen LogP contribution in [0.15, 0.2) is 24.8 Å². The number of aromatic nitrogens is 4. The first kappa shape index (κ1) is 12.4. The Balaban J connectivity index is 1.97. The summed E-state index contributed by atoms with van der Waals surface area (Å²) in [5.41, 5.74) is 2.88. The minimum atomic E-state index is 0.621. The van der Waals surface area contributed by atoms with Gasteiger partial charge in [0, 0.05) is 18.0 Å². The van der Waals surface area contributed by atoms with E-state index in [1.165, 1.54) is 0 Å². The molecular weight excluding hydrogens is 226 g/mol. The van der Waals surface area contributed by atoms with Gasteiger partial charge in [0.05, 0.1) is 24.1 Å². The number of nitrogens with one attached hydrogen (secondary N) is 1.